The van der Waals surface area contributed by atoms with Crippen LogP contribution in [0.3, 0.4) is 0 Å². The van der Waals surface area contributed by atoms with E-state index in [1.165, 1.54) is 14.9 Å². The van der Waals surface area contributed by atoms with E-state index in [1.54, 1.807) is 20.0 Å². The van der Waals surface area contributed by atoms with Crippen LogP contribution in [0.2, 0.25) is 12.6 Å². The molecule has 0 saturated carbocycles. The number of hydrogen-bond donors (Lipinski definition) is 1. The van der Waals surface area contributed by atoms with Gasteiger partial charge in [-0.2, -0.15) is 4.98 Å². The monoisotopic (exact) mass is 676 g/mol. The Morgan fingerprint density at radius 3 is 2.47 bits per heavy atom. The minimum atomic E-state index is -2.14. The highest BCUT2D eigenvalue weighted by molar-refractivity contribution is 7.45. The Bertz CT molecular complexity index is 1620. The molecule has 5 heterocycles. The Balaban J connectivity index is 1.13. The van der Waals surface area contributed by atoms with Crippen LogP contribution >= 0.6 is 8.53 Å². The van der Waals surface area contributed by atoms with Crippen LogP contribution in [0.5, 0.6) is 0 Å². The number of ether oxygens (including phenoxy) is 2. The third-order valence-corrected chi connectivity index (χ3v) is 16.7. The van der Waals surface area contributed by atoms with Gasteiger partial charge in [-0.1, -0.05) is 98.4 Å². The third-order valence-electron chi connectivity index (χ3n) is 10.5. The van der Waals surface area contributed by atoms with Gasteiger partial charge in [0.15, 0.2) is 6.23 Å². The summed E-state index contributed by atoms with van der Waals surface area (Å²) in [6.45, 7) is 11.3. The molecule has 4 aliphatic rings. The van der Waals surface area contributed by atoms with E-state index in [0.717, 1.165) is 25.4 Å². The first-order chi connectivity index (χ1) is 22.6. The van der Waals surface area contributed by atoms with E-state index in [9.17, 15) is 9.59 Å². The van der Waals surface area contributed by atoms with Gasteiger partial charge in [0.05, 0.1) is 12.7 Å². The molecule has 1 N–H and O–H groups in total. The predicted molar refractivity (Wildman–Crippen MR) is 185 cm³/mol. The fraction of sp³-hybridized carbons (Fsp3) is 0.514. The highest BCUT2D eigenvalue weighted by atomic mass is 31.2. The van der Waals surface area contributed by atoms with Crippen LogP contribution in [-0.4, -0.2) is 71.3 Å². The number of aromatic nitrogens is 2. The average molecular weight is 677 g/mol. The van der Waals surface area contributed by atoms with Crippen LogP contribution in [0.4, 0.5) is 5.82 Å². The van der Waals surface area contributed by atoms with Crippen LogP contribution in [0, 0.1) is 12.8 Å². The molecule has 1 aromatic heterocycles. The van der Waals surface area contributed by atoms with Crippen LogP contribution in [0.25, 0.3) is 0 Å². The zero-order valence-electron chi connectivity index (χ0n) is 27.8. The molecule has 3 aromatic rings. The number of nitrogens with one attached hydrogen (secondary N) is 1. The number of rotatable bonds is 10. The number of nitrogens with zero attached hydrogens (tertiary/aromatic N) is 3. The molecule has 7 rings (SSSR count). The van der Waals surface area contributed by atoms with Crippen LogP contribution < -0.4 is 21.4 Å². The first-order valence-electron chi connectivity index (χ1n) is 16.8. The number of fused-ring (bicyclic) bond motifs is 3. The summed E-state index contributed by atoms with van der Waals surface area (Å²) in [6, 6.07) is 23.1. The number of anilines is 1. The van der Waals surface area contributed by atoms with Gasteiger partial charge >= 0.3 is 5.69 Å². The Labute approximate surface area is 278 Å². The van der Waals surface area contributed by atoms with Crippen molar-refractivity contribution >= 4 is 38.7 Å². The van der Waals surface area contributed by atoms with Crippen LogP contribution in [-0.2, 0) is 23.3 Å². The van der Waals surface area contributed by atoms with Gasteiger partial charge in [-0.3, -0.25) is 9.36 Å². The summed E-state index contributed by atoms with van der Waals surface area (Å²) in [5, 5.41) is 5.58. The zero-order valence-corrected chi connectivity index (χ0v) is 29.7. The van der Waals surface area contributed by atoms with Gasteiger partial charge in [0.1, 0.15) is 31.7 Å². The van der Waals surface area contributed by atoms with Crippen LogP contribution in [0.1, 0.15) is 51.8 Å². The standard InChI is InChI=1S/C35H45N4O6PSi/c1-6-35-22-42-29(33(43-35)38-20-24(4)31(37-34(38)41)36-32(40)23(2)3)30(35)45-46-39-19-13-18-27(39)28(44-46)21-47(5,25-14-9-7-10-15-25)26-16-11-8-12-17-26/h7-12,14-17,20,23,27-30,33H,6,13,18-19,21-22H2,1-5H3,(H,36,37,40,41)/t27-,28+,29-,30?,33+,35-,46+/m0/s1. The summed E-state index contributed by atoms with van der Waals surface area (Å²) in [5.41, 5.74) is -0.540. The lowest BCUT2D eigenvalue weighted by Crippen LogP contribution is -2.58. The quantitative estimate of drug-likeness (QED) is 0.246. The lowest BCUT2D eigenvalue weighted by Gasteiger charge is -2.32. The smallest absolute Gasteiger partial charge is 0.351 e. The molecule has 4 aliphatic heterocycles. The van der Waals surface area contributed by atoms with Crippen molar-refractivity contribution in [3.8, 4) is 0 Å². The lowest BCUT2D eigenvalue weighted by atomic mass is 9.96. The number of amides is 1. The first kappa shape index (κ1) is 32.8. The zero-order chi connectivity index (χ0) is 32.9. The molecule has 0 spiro atoms. The topological polar surface area (TPSA) is 104 Å². The summed E-state index contributed by atoms with van der Waals surface area (Å²) in [5.74, 6) is -0.156. The molecule has 47 heavy (non-hydrogen) atoms. The molecule has 250 valence electrons. The minimum Gasteiger partial charge on any atom is -0.368 e. The molecule has 2 aromatic carbocycles. The highest BCUT2D eigenvalue weighted by Gasteiger charge is 2.64. The van der Waals surface area contributed by atoms with E-state index in [4.69, 9.17) is 18.5 Å². The Hall–Kier alpha value is -2.76. The van der Waals surface area contributed by atoms with Crippen molar-refractivity contribution in [3.05, 3.63) is 82.9 Å². The summed E-state index contributed by atoms with van der Waals surface area (Å²) >= 11 is 0. The van der Waals surface area contributed by atoms with E-state index in [-0.39, 0.29) is 23.7 Å². The van der Waals surface area contributed by atoms with Crippen molar-refractivity contribution in [1.29, 1.82) is 0 Å². The second-order valence-electron chi connectivity index (χ2n) is 13.9. The molecule has 1 amide bonds. The highest BCUT2D eigenvalue weighted by Crippen LogP contribution is 2.61. The van der Waals surface area contributed by atoms with Crippen LogP contribution in [0.15, 0.2) is 71.7 Å². The second-order valence-corrected chi connectivity index (χ2v) is 19.5. The number of carbonyl (C=O) groups is 1. The summed E-state index contributed by atoms with van der Waals surface area (Å²) in [7, 11) is -3.50. The van der Waals surface area contributed by atoms with E-state index in [1.807, 2.05) is 6.92 Å². The van der Waals surface area contributed by atoms with Crippen molar-refractivity contribution in [2.45, 2.75) is 95.7 Å². The molecule has 4 saturated heterocycles. The molecule has 7 atom stereocenters. The van der Waals surface area contributed by atoms with Crippen molar-refractivity contribution in [1.82, 2.24) is 14.2 Å². The third kappa shape index (κ3) is 5.84. The summed E-state index contributed by atoms with van der Waals surface area (Å²) in [6.07, 6.45) is 3.02. The van der Waals surface area contributed by atoms with E-state index in [0.29, 0.717) is 24.6 Å². The minimum absolute atomic E-state index is 0.0537. The first-order valence-corrected chi connectivity index (χ1v) is 20.7. The van der Waals surface area contributed by atoms with Crippen molar-refractivity contribution in [3.63, 3.8) is 0 Å². The largest absolute Gasteiger partial charge is 0.368 e. The molecule has 1 unspecified atom stereocenters. The Morgan fingerprint density at radius 1 is 1.15 bits per heavy atom. The normalized spacial score (nSPS) is 30.3. The maximum atomic E-state index is 13.3. The number of benzene rings is 2. The van der Waals surface area contributed by atoms with Gasteiger partial charge < -0.3 is 23.8 Å². The fourth-order valence-electron chi connectivity index (χ4n) is 7.62. The average Bonchev–Trinajstić information content (AvgIpc) is 3.85. The fourth-order valence-corrected chi connectivity index (χ4v) is 13.6. The van der Waals surface area contributed by atoms with Crippen molar-refractivity contribution < 1.29 is 23.3 Å². The summed E-state index contributed by atoms with van der Waals surface area (Å²) in [4.78, 5) is 29.8. The molecule has 10 nitrogen and oxygen atoms in total. The van der Waals surface area contributed by atoms with Gasteiger partial charge in [-0.15, -0.1) is 0 Å². The van der Waals surface area contributed by atoms with Crippen molar-refractivity contribution in [2.24, 2.45) is 5.92 Å². The molecule has 2 bridgehead atoms. The molecule has 0 radical (unpaired) electrons. The molecular weight excluding hydrogens is 631 g/mol. The van der Waals surface area contributed by atoms with E-state index < -0.39 is 46.3 Å². The molecule has 12 heteroatoms. The van der Waals surface area contributed by atoms with E-state index in [2.05, 4.69) is 89.1 Å². The van der Waals surface area contributed by atoms with Gasteiger partial charge in [-0.25, -0.2) is 9.46 Å². The van der Waals surface area contributed by atoms with Gasteiger partial charge in [0, 0.05) is 30.3 Å². The predicted octanol–water partition coefficient (Wildman–Crippen LogP) is 4.59. The Morgan fingerprint density at radius 2 is 1.83 bits per heavy atom. The van der Waals surface area contributed by atoms with E-state index >= 15 is 0 Å². The summed E-state index contributed by atoms with van der Waals surface area (Å²) < 4.78 is 30.9. The molecule has 4 fully saturated rings. The second kappa shape index (κ2) is 12.9. The van der Waals surface area contributed by atoms with Crippen molar-refractivity contribution in [2.75, 3.05) is 18.5 Å². The lowest BCUT2D eigenvalue weighted by molar-refractivity contribution is -0.175. The molecule has 0 aliphatic carbocycles. The SMILES string of the molecule is CC[C@]12CO[C@@H](C1O[P@@]1O[C@H](C[Si](C)(c3ccccc3)c3ccccc3)[C@@H]3CCCN31)[C@H](n1cc(C)c(NC(=O)C(C)C)nc1=O)O2. The number of hydrogen-bond acceptors (Lipinski definition) is 8. The van der Waals surface area contributed by atoms with Gasteiger partial charge in [0.2, 0.25) is 5.91 Å². The number of aryl methyl sites for hydroxylation is 1. The maximum Gasteiger partial charge on any atom is 0.351 e. The number of carbonyl (C=O) groups excluding carboxylic acids is 1. The molecular formula is C35H45N4O6PSi. The Kier molecular flexibility index (Phi) is 9.01. The maximum absolute atomic E-state index is 13.3. The van der Waals surface area contributed by atoms with Gasteiger partial charge in [0.25, 0.3) is 8.53 Å². The van der Waals surface area contributed by atoms with Gasteiger partial charge in [-0.05, 0) is 32.2 Å².